The lowest BCUT2D eigenvalue weighted by Crippen LogP contribution is -2.34. The fraction of sp³-hybridized carbons (Fsp3) is 0.261. The number of hydrogen-bond donors (Lipinski definition) is 1. The Bertz CT molecular complexity index is 1960. The molecule has 1 aliphatic heterocycles. The van der Waals surface area contributed by atoms with Crippen LogP contribution in [0.2, 0.25) is 0 Å². The van der Waals surface area contributed by atoms with E-state index in [1.54, 1.807) is 12.1 Å². The lowest BCUT2D eigenvalue weighted by atomic mass is 10.2. The Kier molecular flexibility index (Phi) is 21.5. The molecular formula is C46H55F3N3O6+. The predicted molar refractivity (Wildman–Crippen MR) is 225 cm³/mol. The summed E-state index contributed by atoms with van der Waals surface area (Å²) >= 11 is 0. The second-order valence-electron chi connectivity index (χ2n) is 13.7. The van der Waals surface area contributed by atoms with Gasteiger partial charge in [-0.2, -0.15) is 0 Å². The molecule has 0 spiro atoms. The van der Waals surface area contributed by atoms with Crippen LogP contribution >= 0.6 is 0 Å². The summed E-state index contributed by atoms with van der Waals surface area (Å²) in [6, 6.07) is 32.8. The molecule has 9 nitrogen and oxygen atoms in total. The maximum absolute atomic E-state index is 12.6. The average molecular weight is 800 g/mol. The number of aromatic carboxylic acids is 1. The van der Waals surface area contributed by atoms with Crippen LogP contribution in [0, 0.1) is 38.2 Å². The molecule has 0 aromatic heterocycles. The van der Waals surface area contributed by atoms with Gasteiger partial charge in [-0.05, 0) is 106 Å². The second kappa shape index (κ2) is 25.1. The summed E-state index contributed by atoms with van der Waals surface area (Å²) in [5.74, 6) is -4.10. The number of halogens is 3. The lowest BCUT2D eigenvalue weighted by molar-refractivity contribution is -0.172. The van der Waals surface area contributed by atoms with Gasteiger partial charge in [0.1, 0.15) is 23.1 Å². The number of carbonyl (C=O) groups excluding carboxylic acids is 3. The number of aryl methyl sites for hydroxylation is 3. The Hall–Kier alpha value is -6.27. The van der Waals surface area contributed by atoms with Gasteiger partial charge in [-0.3, -0.25) is 14.1 Å². The van der Waals surface area contributed by atoms with Crippen molar-refractivity contribution >= 4 is 35.1 Å². The lowest BCUT2D eigenvalue weighted by Gasteiger charge is -2.23. The number of benzene rings is 5. The van der Waals surface area contributed by atoms with Crippen LogP contribution in [0.1, 0.15) is 64.1 Å². The van der Waals surface area contributed by atoms with Crippen molar-refractivity contribution in [2.45, 2.75) is 47.5 Å². The van der Waals surface area contributed by atoms with Crippen molar-refractivity contribution in [2.75, 3.05) is 40.1 Å². The predicted octanol–water partition coefficient (Wildman–Crippen LogP) is 9.98. The molecule has 2 amide bonds. The maximum atomic E-state index is 12.6. The van der Waals surface area contributed by atoms with Crippen LogP contribution in [-0.2, 0) is 14.4 Å². The summed E-state index contributed by atoms with van der Waals surface area (Å²) < 4.78 is 37.7. The standard InChI is InChI=1S/C11H8FNO4.C10H16N.C9H13N.C7H5FO2.C7H7F.C2H6/c12-8-3-1-7(2-4-8)11(16)17-13-9(14)5-6-10(13)15;1-9-5-7-10(8-6-9)11(2,3)4;1-8-4-6-9(7-5-8)10(2)3;8-6-3-1-5(2-4-6)7(9)10;1-6-2-4-7(8)5-3-6;1-2/h1-4H,5-6H2;5-8H,1-4H3;4-7H,1-3H3;1-4H,(H,9,10);2-5H,1H3;1-2H3/q;+1;;;;/i12-1;;;2*8-1;. The van der Waals surface area contributed by atoms with Gasteiger partial charge in [0.25, 0.3) is 11.8 Å². The van der Waals surface area contributed by atoms with Crippen molar-refractivity contribution in [1.29, 1.82) is 0 Å². The summed E-state index contributed by atoms with van der Waals surface area (Å²) in [6.45, 7) is 10.1. The van der Waals surface area contributed by atoms with Gasteiger partial charge in [0, 0.05) is 32.6 Å². The minimum Gasteiger partial charge on any atom is -0.478 e. The van der Waals surface area contributed by atoms with Gasteiger partial charge < -0.3 is 14.8 Å². The van der Waals surface area contributed by atoms with Crippen LogP contribution in [0.5, 0.6) is 0 Å². The Morgan fingerprint density at radius 1 is 0.586 bits per heavy atom. The summed E-state index contributed by atoms with van der Waals surface area (Å²) in [5, 5.41) is 8.80. The molecule has 1 saturated heterocycles. The Morgan fingerprint density at radius 2 is 0.914 bits per heavy atom. The van der Waals surface area contributed by atoms with Crippen molar-refractivity contribution in [3.8, 4) is 0 Å². The molecule has 1 heterocycles. The molecule has 6 rings (SSSR count). The molecule has 0 bridgehead atoms. The van der Waals surface area contributed by atoms with E-state index < -0.39 is 35.4 Å². The van der Waals surface area contributed by atoms with E-state index in [0.29, 0.717) is 5.06 Å². The number of rotatable bonds is 5. The third-order valence-electron chi connectivity index (χ3n) is 7.72. The first-order chi connectivity index (χ1) is 27.3. The highest BCUT2D eigenvalue weighted by atomic mass is 18.2. The normalized spacial score (nSPS) is 11.3. The van der Waals surface area contributed by atoms with Crippen LogP contribution in [0.15, 0.2) is 121 Å². The first-order valence-electron chi connectivity index (χ1n) is 18.4. The molecule has 12 heteroatoms. The number of quaternary nitrogens is 1. The van der Waals surface area contributed by atoms with E-state index >= 15 is 0 Å². The van der Waals surface area contributed by atoms with Gasteiger partial charge in [-0.25, -0.2) is 22.8 Å². The molecule has 1 N–H and O–H groups in total. The fourth-order valence-corrected chi connectivity index (χ4v) is 4.34. The van der Waals surface area contributed by atoms with Gasteiger partial charge in [0.2, 0.25) is 0 Å². The number of carbonyl (C=O) groups is 4. The molecule has 310 valence electrons. The molecule has 0 aliphatic carbocycles. The number of nitrogens with zero attached hydrogens (tertiary/aromatic N) is 3. The highest BCUT2D eigenvalue weighted by Crippen LogP contribution is 2.17. The van der Waals surface area contributed by atoms with E-state index in [1.807, 2.05) is 34.9 Å². The second-order valence-corrected chi connectivity index (χ2v) is 13.7. The maximum Gasteiger partial charge on any atom is 0.363 e. The molecule has 58 heavy (non-hydrogen) atoms. The van der Waals surface area contributed by atoms with Gasteiger partial charge >= 0.3 is 11.9 Å². The first kappa shape index (κ1) is 49.7. The highest BCUT2D eigenvalue weighted by Gasteiger charge is 2.33. The number of amides is 2. The Balaban J connectivity index is 0.000000368. The molecule has 0 saturated carbocycles. The van der Waals surface area contributed by atoms with Crippen LogP contribution in [0.3, 0.4) is 0 Å². The molecule has 5 aromatic carbocycles. The van der Waals surface area contributed by atoms with Crippen molar-refractivity contribution in [1.82, 2.24) is 9.55 Å². The van der Waals surface area contributed by atoms with Crippen molar-refractivity contribution in [2.24, 2.45) is 0 Å². The van der Waals surface area contributed by atoms with Crippen LogP contribution in [0.25, 0.3) is 0 Å². The number of hydroxylamine groups is 2. The van der Waals surface area contributed by atoms with E-state index in [2.05, 4.69) is 93.3 Å². The number of imide groups is 1. The quantitative estimate of drug-likeness (QED) is 0.139. The zero-order chi connectivity index (χ0) is 44.0. The van der Waals surface area contributed by atoms with Crippen molar-refractivity contribution in [3.63, 3.8) is 0 Å². The number of carboxylic acids is 1. The summed E-state index contributed by atoms with van der Waals surface area (Å²) in [7, 11) is 10.6. The largest absolute Gasteiger partial charge is 0.478 e. The monoisotopic (exact) mass is 799 g/mol. The summed E-state index contributed by atoms with van der Waals surface area (Å²) in [5.41, 5.74) is 6.49. The fourth-order valence-electron chi connectivity index (χ4n) is 4.34. The third kappa shape index (κ3) is 19.1. The number of hydrogen-bond acceptors (Lipinski definition) is 6. The number of anilines is 1. The van der Waals surface area contributed by atoms with Crippen molar-refractivity contribution in [3.05, 3.63) is 167 Å². The molecular weight excluding hydrogens is 745 g/mol. The minimum absolute atomic E-state index is 0.0372. The van der Waals surface area contributed by atoms with Gasteiger partial charge in [0.15, 0.2) is 0 Å². The molecule has 1 fully saturated rings. The van der Waals surface area contributed by atoms with Gasteiger partial charge in [-0.15, -0.1) is 5.06 Å². The summed E-state index contributed by atoms with van der Waals surface area (Å²) in [6.07, 6.45) is 0.0745. The summed E-state index contributed by atoms with van der Waals surface area (Å²) in [4.78, 5) is 50.8. The zero-order valence-electron chi connectivity index (χ0n) is 34.9. The van der Waals surface area contributed by atoms with E-state index in [1.165, 1.54) is 58.9 Å². The molecule has 0 unspecified atom stereocenters. The van der Waals surface area contributed by atoms with Crippen LogP contribution in [0.4, 0.5) is 24.5 Å². The molecule has 5 aromatic rings. The average Bonchev–Trinajstić information content (AvgIpc) is 3.50. The SMILES string of the molecule is CC.Cc1ccc(N(C)C)cc1.Cc1ccc([18F])cc1.Cc1ccc([N+](C)(C)C)cc1.O=C(O)c1ccc([18F])cc1.O=C(ON1C(=O)CCC1=O)c1ccc([18F])cc1. The third-order valence-corrected chi connectivity index (χ3v) is 7.72. The number of carboxylic acid groups (broad SMARTS) is 1. The molecule has 0 atom stereocenters. The van der Waals surface area contributed by atoms with Gasteiger partial charge in [0.05, 0.1) is 32.3 Å². The smallest absolute Gasteiger partial charge is 0.363 e. The van der Waals surface area contributed by atoms with Crippen molar-refractivity contribution < 1.29 is 42.3 Å². The van der Waals surface area contributed by atoms with Crippen LogP contribution < -0.4 is 9.38 Å². The van der Waals surface area contributed by atoms with E-state index in [9.17, 15) is 32.3 Å². The van der Waals surface area contributed by atoms with Crippen LogP contribution in [-0.4, -0.2) is 69.2 Å². The van der Waals surface area contributed by atoms with Gasteiger partial charge in [-0.1, -0.05) is 66.9 Å². The molecule has 0 radical (unpaired) electrons. The first-order valence-corrected chi connectivity index (χ1v) is 18.4. The van der Waals surface area contributed by atoms with E-state index in [0.717, 1.165) is 34.3 Å². The van der Waals surface area contributed by atoms with E-state index in [4.69, 9.17) is 5.11 Å². The molecule has 1 aliphatic rings. The highest BCUT2D eigenvalue weighted by molar-refractivity contribution is 6.02. The van der Waals surface area contributed by atoms with E-state index in [-0.39, 0.29) is 29.8 Å². The Morgan fingerprint density at radius 3 is 1.24 bits per heavy atom. The zero-order valence-corrected chi connectivity index (χ0v) is 34.9. The Labute approximate surface area is 340 Å². The topological polar surface area (TPSA) is 104 Å². The minimum atomic E-state index is -1.04.